The Balaban J connectivity index is 2.18. The molecule has 0 spiro atoms. The van der Waals surface area contributed by atoms with Gasteiger partial charge >= 0.3 is 0 Å². The molecule has 0 aliphatic heterocycles. The first kappa shape index (κ1) is 11.6. The highest BCUT2D eigenvalue weighted by molar-refractivity contribution is 5.37. The van der Waals surface area contributed by atoms with Crippen molar-refractivity contribution < 1.29 is 4.74 Å². The number of methoxy groups -OCH3 is 1. The fourth-order valence-electron chi connectivity index (χ4n) is 1.49. The highest BCUT2D eigenvalue weighted by Gasteiger charge is 2.03. The predicted octanol–water partition coefficient (Wildman–Crippen LogP) is 1.39. The van der Waals surface area contributed by atoms with E-state index in [0.717, 1.165) is 30.2 Å². The summed E-state index contributed by atoms with van der Waals surface area (Å²) in [5.41, 5.74) is 1.82. The predicted molar refractivity (Wildman–Crippen MR) is 65.3 cm³/mol. The zero-order valence-corrected chi connectivity index (χ0v) is 10.1. The number of hydrogen-bond donors (Lipinski definition) is 1. The third-order valence-corrected chi connectivity index (χ3v) is 2.38. The summed E-state index contributed by atoms with van der Waals surface area (Å²) in [6.07, 6.45) is 1.77. The third kappa shape index (κ3) is 2.82. The van der Waals surface area contributed by atoms with Crippen LogP contribution >= 0.6 is 0 Å². The smallest absolute Gasteiger partial charge is 0.121 e. The molecule has 0 unspecified atom stereocenters. The molecule has 0 saturated carbocycles. The second-order valence-corrected chi connectivity index (χ2v) is 3.61. The molecule has 0 bridgehead atoms. The van der Waals surface area contributed by atoms with Crippen molar-refractivity contribution in [2.45, 2.75) is 13.5 Å². The molecule has 2 aromatic rings. The van der Waals surface area contributed by atoms with Crippen molar-refractivity contribution >= 4 is 0 Å². The summed E-state index contributed by atoms with van der Waals surface area (Å²) in [4.78, 5) is 1.61. The second kappa shape index (κ2) is 5.45. The molecule has 0 amide bonds. The van der Waals surface area contributed by atoms with Crippen molar-refractivity contribution in [2.24, 2.45) is 0 Å². The van der Waals surface area contributed by atoms with E-state index in [1.54, 1.807) is 18.1 Å². The molecule has 17 heavy (non-hydrogen) atoms. The lowest BCUT2D eigenvalue weighted by Gasteiger charge is -2.02. The maximum Gasteiger partial charge on any atom is 0.121 e. The summed E-state index contributed by atoms with van der Waals surface area (Å²) < 4.78 is 5.17. The van der Waals surface area contributed by atoms with Gasteiger partial charge in [-0.3, -0.25) is 0 Å². The molecule has 0 fully saturated rings. The molecule has 0 aliphatic carbocycles. The maximum absolute atomic E-state index is 5.17. The van der Waals surface area contributed by atoms with Gasteiger partial charge in [0.05, 0.1) is 24.7 Å². The molecule has 5 heteroatoms. The lowest BCUT2D eigenvalue weighted by atomic mass is 10.3. The van der Waals surface area contributed by atoms with Crippen molar-refractivity contribution in [3.05, 3.63) is 36.2 Å². The molecular formula is C12H16N4O. The molecule has 1 aromatic heterocycles. The average molecular weight is 232 g/mol. The van der Waals surface area contributed by atoms with Gasteiger partial charge in [-0.2, -0.15) is 15.0 Å². The van der Waals surface area contributed by atoms with Crippen LogP contribution in [0.4, 0.5) is 0 Å². The van der Waals surface area contributed by atoms with Gasteiger partial charge in [0, 0.05) is 12.6 Å². The zero-order chi connectivity index (χ0) is 12.1. The van der Waals surface area contributed by atoms with E-state index < -0.39 is 0 Å². The van der Waals surface area contributed by atoms with Crippen LogP contribution in [-0.4, -0.2) is 28.6 Å². The van der Waals surface area contributed by atoms with Crippen LogP contribution in [0.3, 0.4) is 0 Å². The Morgan fingerprint density at radius 1 is 1.41 bits per heavy atom. The molecule has 1 N–H and O–H groups in total. The van der Waals surface area contributed by atoms with E-state index >= 15 is 0 Å². The standard InChI is InChI=1S/C12H16N4O/c1-3-13-8-10-9-14-16(15-10)11-5-4-6-12(7-11)17-2/h4-7,9,13H,3,8H2,1-2H3. The van der Waals surface area contributed by atoms with Gasteiger partial charge in [0.25, 0.3) is 0 Å². The molecule has 90 valence electrons. The van der Waals surface area contributed by atoms with Gasteiger partial charge in [-0.05, 0) is 18.7 Å². The highest BCUT2D eigenvalue weighted by Crippen LogP contribution is 2.14. The first-order valence-electron chi connectivity index (χ1n) is 5.60. The second-order valence-electron chi connectivity index (χ2n) is 3.61. The topological polar surface area (TPSA) is 52.0 Å². The summed E-state index contributed by atoms with van der Waals surface area (Å²) in [5.74, 6) is 0.799. The van der Waals surface area contributed by atoms with Gasteiger partial charge in [0.15, 0.2) is 0 Å². The molecule has 0 atom stereocenters. The number of benzene rings is 1. The largest absolute Gasteiger partial charge is 0.497 e. The van der Waals surface area contributed by atoms with Crippen LogP contribution in [0.1, 0.15) is 12.6 Å². The highest BCUT2D eigenvalue weighted by atomic mass is 16.5. The minimum atomic E-state index is 0.737. The summed E-state index contributed by atoms with van der Waals surface area (Å²) in [5, 5.41) is 11.8. The van der Waals surface area contributed by atoms with E-state index in [4.69, 9.17) is 4.74 Å². The van der Waals surface area contributed by atoms with Crippen LogP contribution in [0.5, 0.6) is 5.75 Å². The quantitative estimate of drug-likeness (QED) is 0.846. The molecule has 2 rings (SSSR count). The molecular weight excluding hydrogens is 216 g/mol. The number of ether oxygens (including phenoxy) is 1. The monoisotopic (exact) mass is 232 g/mol. The first-order chi connectivity index (χ1) is 8.33. The van der Waals surface area contributed by atoms with Gasteiger partial charge < -0.3 is 10.1 Å². The number of nitrogens with one attached hydrogen (secondary N) is 1. The van der Waals surface area contributed by atoms with Gasteiger partial charge in [-0.15, -0.1) is 0 Å². The minimum Gasteiger partial charge on any atom is -0.497 e. The number of hydrogen-bond acceptors (Lipinski definition) is 4. The summed E-state index contributed by atoms with van der Waals surface area (Å²) in [6.45, 7) is 3.72. The van der Waals surface area contributed by atoms with Crippen LogP contribution < -0.4 is 10.1 Å². The Morgan fingerprint density at radius 2 is 2.29 bits per heavy atom. The van der Waals surface area contributed by atoms with Gasteiger partial charge in [-0.25, -0.2) is 0 Å². The van der Waals surface area contributed by atoms with Crippen LogP contribution in [-0.2, 0) is 6.54 Å². The van der Waals surface area contributed by atoms with Crippen molar-refractivity contribution in [1.29, 1.82) is 0 Å². The van der Waals surface area contributed by atoms with Crippen LogP contribution in [0.25, 0.3) is 5.69 Å². The Bertz CT molecular complexity index is 481. The third-order valence-electron chi connectivity index (χ3n) is 2.38. The van der Waals surface area contributed by atoms with Crippen LogP contribution in [0.15, 0.2) is 30.5 Å². The minimum absolute atomic E-state index is 0.737. The van der Waals surface area contributed by atoms with Crippen molar-refractivity contribution in [3.8, 4) is 11.4 Å². The van der Waals surface area contributed by atoms with E-state index in [-0.39, 0.29) is 0 Å². The lowest BCUT2D eigenvalue weighted by molar-refractivity contribution is 0.414. The Morgan fingerprint density at radius 3 is 3.06 bits per heavy atom. The van der Waals surface area contributed by atoms with E-state index in [1.165, 1.54) is 0 Å². The van der Waals surface area contributed by atoms with E-state index in [2.05, 4.69) is 22.4 Å². The molecule has 0 aliphatic rings. The van der Waals surface area contributed by atoms with Gasteiger partial charge in [0.1, 0.15) is 5.75 Å². The molecule has 0 saturated heterocycles. The number of aromatic nitrogens is 3. The fourth-order valence-corrected chi connectivity index (χ4v) is 1.49. The molecule has 1 aromatic carbocycles. The summed E-state index contributed by atoms with van der Waals surface area (Å²) in [7, 11) is 1.65. The SMILES string of the molecule is CCNCc1cnn(-c2cccc(OC)c2)n1. The van der Waals surface area contributed by atoms with Crippen molar-refractivity contribution in [3.63, 3.8) is 0 Å². The normalized spacial score (nSPS) is 10.5. The number of rotatable bonds is 5. The summed E-state index contributed by atoms with van der Waals surface area (Å²) >= 11 is 0. The Hall–Kier alpha value is -1.88. The van der Waals surface area contributed by atoms with Crippen molar-refractivity contribution in [1.82, 2.24) is 20.3 Å². The maximum atomic E-state index is 5.17. The number of nitrogens with zero attached hydrogens (tertiary/aromatic N) is 3. The summed E-state index contributed by atoms with van der Waals surface area (Å²) in [6, 6.07) is 7.66. The average Bonchev–Trinajstić information content (AvgIpc) is 2.85. The lowest BCUT2D eigenvalue weighted by Crippen LogP contribution is -2.12. The van der Waals surface area contributed by atoms with Crippen LogP contribution in [0, 0.1) is 0 Å². The Kier molecular flexibility index (Phi) is 3.72. The van der Waals surface area contributed by atoms with Crippen LogP contribution in [0.2, 0.25) is 0 Å². The van der Waals surface area contributed by atoms with E-state index in [0.29, 0.717) is 0 Å². The van der Waals surface area contributed by atoms with Gasteiger partial charge in [-0.1, -0.05) is 13.0 Å². The molecule has 0 radical (unpaired) electrons. The Labute approximate surface area is 100 Å². The molecule has 5 nitrogen and oxygen atoms in total. The fraction of sp³-hybridized carbons (Fsp3) is 0.333. The van der Waals surface area contributed by atoms with Gasteiger partial charge in [0.2, 0.25) is 0 Å². The van der Waals surface area contributed by atoms with Crippen molar-refractivity contribution in [2.75, 3.05) is 13.7 Å². The van der Waals surface area contributed by atoms with E-state index in [9.17, 15) is 0 Å². The molecule has 1 heterocycles. The first-order valence-corrected chi connectivity index (χ1v) is 5.60. The van der Waals surface area contributed by atoms with E-state index in [1.807, 2.05) is 24.3 Å². The zero-order valence-electron chi connectivity index (χ0n) is 10.1.